The Labute approximate surface area is 125 Å². The van der Waals surface area contributed by atoms with Gasteiger partial charge in [-0.25, -0.2) is 9.97 Å². The Morgan fingerprint density at radius 2 is 1.86 bits per heavy atom. The maximum Gasteiger partial charge on any atom is 0.251 e. The molecule has 1 heterocycles. The van der Waals surface area contributed by atoms with E-state index >= 15 is 0 Å². The van der Waals surface area contributed by atoms with Gasteiger partial charge < -0.3 is 5.32 Å². The Morgan fingerprint density at radius 3 is 2.52 bits per heavy atom. The number of amides is 1. The second-order valence-corrected chi connectivity index (χ2v) is 6.09. The largest absolute Gasteiger partial charge is 0.349 e. The first kappa shape index (κ1) is 14.0. The number of carbonyl (C=O) groups is 1. The van der Waals surface area contributed by atoms with E-state index in [9.17, 15) is 4.79 Å². The lowest BCUT2D eigenvalue weighted by molar-refractivity contribution is 0.0930. The first-order valence-corrected chi connectivity index (χ1v) is 7.60. The quantitative estimate of drug-likeness (QED) is 0.921. The number of fused-ring (bicyclic) bond motifs is 1. The number of rotatable bonds is 2. The van der Waals surface area contributed by atoms with Crippen molar-refractivity contribution in [2.75, 3.05) is 0 Å². The molecular weight excluding hydrogens is 262 g/mol. The standard InChI is InChI=1S/C17H21N3O/c1-10-5-4-6-14(10)20-17(21)13-7-8-15-16(9-13)19-12(3)11(2)18-15/h7-10,14H,4-6H2,1-3H3,(H,20,21)/t10-,14-/m1/s1. The molecule has 0 aliphatic heterocycles. The summed E-state index contributed by atoms with van der Waals surface area (Å²) in [6.45, 7) is 6.09. The van der Waals surface area contributed by atoms with Gasteiger partial charge in [-0.15, -0.1) is 0 Å². The summed E-state index contributed by atoms with van der Waals surface area (Å²) in [5.41, 5.74) is 4.12. The summed E-state index contributed by atoms with van der Waals surface area (Å²) < 4.78 is 0. The zero-order chi connectivity index (χ0) is 15.0. The molecule has 1 amide bonds. The van der Waals surface area contributed by atoms with E-state index in [1.54, 1.807) is 0 Å². The highest BCUT2D eigenvalue weighted by molar-refractivity contribution is 5.97. The van der Waals surface area contributed by atoms with Crippen molar-refractivity contribution in [3.05, 3.63) is 35.2 Å². The maximum absolute atomic E-state index is 12.4. The normalized spacial score (nSPS) is 21.7. The summed E-state index contributed by atoms with van der Waals surface area (Å²) in [7, 11) is 0. The van der Waals surface area contributed by atoms with Gasteiger partial charge in [0.1, 0.15) is 0 Å². The van der Waals surface area contributed by atoms with Gasteiger partial charge in [0, 0.05) is 11.6 Å². The zero-order valence-electron chi connectivity index (χ0n) is 12.8. The van der Waals surface area contributed by atoms with Crippen molar-refractivity contribution in [3.63, 3.8) is 0 Å². The van der Waals surface area contributed by atoms with E-state index in [0.717, 1.165) is 28.8 Å². The molecule has 0 saturated heterocycles. The fourth-order valence-corrected chi connectivity index (χ4v) is 2.98. The van der Waals surface area contributed by atoms with E-state index in [4.69, 9.17) is 0 Å². The van der Waals surface area contributed by atoms with Gasteiger partial charge in [0.05, 0.1) is 22.4 Å². The molecule has 1 aromatic carbocycles. The van der Waals surface area contributed by atoms with Crippen LogP contribution >= 0.6 is 0 Å². The SMILES string of the molecule is Cc1nc2ccc(C(=O)N[C@@H]3CCC[C@H]3C)cc2nc1C. The third-order valence-electron chi connectivity index (χ3n) is 4.52. The molecule has 1 aromatic heterocycles. The number of nitrogens with one attached hydrogen (secondary N) is 1. The fourth-order valence-electron chi connectivity index (χ4n) is 2.98. The number of hydrogen-bond acceptors (Lipinski definition) is 3. The topological polar surface area (TPSA) is 54.9 Å². The summed E-state index contributed by atoms with van der Waals surface area (Å²) in [5.74, 6) is 0.565. The van der Waals surface area contributed by atoms with Gasteiger partial charge in [0.15, 0.2) is 0 Å². The van der Waals surface area contributed by atoms with Crippen LogP contribution in [0.4, 0.5) is 0 Å². The maximum atomic E-state index is 12.4. The lowest BCUT2D eigenvalue weighted by Crippen LogP contribution is -2.36. The van der Waals surface area contributed by atoms with Crippen molar-refractivity contribution in [2.24, 2.45) is 5.92 Å². The van der Waals surface area contributed by atoms with Crippen LogP contribution in [0.3, 0.4) is 0 Å². The molecule has 4 heteroatoms. The summed E-state index contributed by atoms with van der Waals surface area (Å²) in [4.78, 5) is 21.4. The van der Waals surface area contributed by atoms with Crippen LogP contribution in [-0.2, 0) is 0 Å². The van der Waals surface area contributed by atoms with Gasteiger partial charge in [-0.2, -0.15) is 0 Å². The van der Waals surface area contributed by atoms with Crippen molar-refractivity contribution in [1.29, 1.82) is 0 Å². The number of carbonyl (C=O) groups excluding carboxylic acids is 1. The zero-order valence-corrected chi connectivity index (χ0v) is 12.8. The van der Waals surface area contributed by atoms with E-state index in [0.29, 0.717) is 17.5 Å². The number of aromatic nitrogens is 2. The van der Waals surface area contributed by atoms with E-state index in [-0.39, 0.29) is 5.91 Å². The van der Waals surface area contributed by atoms with Crippen molar-refractivity contribution in [3.8, 4) is 0 Å². The molecule has 3 rings (SSSR count). The van der Waals surface area contributed by atoms with Gasteiger partial charge in [-0.05, 0) is 50.8 Å². The Kier molecular flexibility index (Phi) is 3.62. The molecule has 0 bridgehead atoms. The van der Waals surface area contributed by atoms with E-state index in [1.165, 1.54) is 12.8 Å². The van der Waals surface area contributed by atoms with Crippen molar-refractivity contribution < 1.29 is 4.79 Å². The second-order valence-electron chi connectivity index (χ2n) is 6.09. The third kappa shape index (κ3) is 2.75. The molecule has 1 fully saturated rings. The molecule has 0 unspecified atom stereocenters. The number of hydrogen-bond donors (Lipinski definition) is 1. The van der Waals surface area contributed by atoms with E-state index < -0.39 is 0 Å². The average Bonchev–Trinajstić information content (AvgIpc) is 2.85. The van der Waals surface area contributed by atoms with Crippen LogP contribution in [0.1, 0.15) is 47.9 Å². The fraction of sp³-hybridized carbons (Fsp3) is 0.471. The van der Waals surface area contributed by atoms with Crippen LogP contribution in [0.2, 0.25) is 0 Å². The molecule has 0 spiro atoms. The van der Waals surface area contributed by atoms with Crippen molar-refractivity contribution in [1.82, 2.24) is 15.3 Å². The van der Waals surface area contributed by atoms with Gasteiger partial charge in [-0.3, -0.25) is 4.79 Å². The van der Waals surface area contributed by atoms with Crippen LogP contribution in [0, 0.1) is 19.8 Å². The lowest BCUT2D eigenvalue weighted by Gasteiger charge is -2.17. The first-order chi connectivity index (χ1) is 10.0. The molecular formula is C17H21N3O. The minimum atomic E-state index is -0.00400. The predicted molar refractivity (Wildman–Crippen MR) is 83.3 cm³/mol. The minimum Gasteiger partial charge on any atom is -0.349 e. The second kappa shape index (κ2) is 5.43. The summed E-state index contributed by atoms with van der Waals surface area (Å²) >= 11 is 0. The van der Waals surface area contributed by atoms with Crippen molar-refractivity contribution in [2.45, 2.75) is 46.1 Å². The molecule has 21 heavy (non-hydrogen) atoms. The molecule has 4 nitrogen and oxygen atoms in total. The number of benzene rings is 1. The molecule has 1 aliphatic carbocycles. The average molecular weight is 283 g/mol. The smallest absolute Gasteiger partial charge is 0.251 e. The summed E-state index contributed by atoms with van der Waals surface area (Å²) in [6, 6.07) is 5.85. The van der Waals surface area contributed by atoms with Crippen molar-refractivity contribution >= 4 is 16.9 Å². The number of aryl methyl sites for hydroxylation is 2. The molecule has 1 N–H and O–H groups in total. The summed E-state index contributed by atoms with van der Waals surface area (Å²) in [5, 5.41) is 3.15. The number of nitrogens with zero attached hydrogens (tertiary/aromatic N) is 2. The molecule has 0 radical (unpaired) electrons. The minimum absolute atomic E-state index is 0.00400. The van der Waals surface area contributed by atoms with Crippen LogP contribution in [-0.4, -0.2) is 21.9 Å². The molecule has 2 atom stereocenters. The van der Waals surface area contributed by atoms with E-state index in [2.05, 4.69) is 22.2 Å². The Balaban J connectivity index is 1.86. The molecule has 1 aliphatic rings. The third-order valence-corrected chi connectivity index (χ3v) is 4.52. The van der Waals surface area contributed by atoms with Gasteiger partial charge in [0.25, 0.3) is 5.91 Å². The Morgan fingerprint density at radius 1 is 1.14 bits per heavy atom. The first-order valence-electron chi connectivity index (χ1n) is 7.60. The monoisotopic (exact) mass is 283 g/mol. The molecule has 1 saturated carbocycles. The Bertz CT molecular complexity index is 696. The van der Waals surface area contributed by atoms with Crippen LogP contribution < -0.4 is 5.32 Å². The molecule has 2 aromatic rings. The van der Waals surface area contributed by atoms with Crippen LogP contribution in [0.15, 0.2) is 18.2 Å². The summed E-state index contributed by atoms with van der Waals surface area (Å²) in [6.07, 6.45) is 3.49. The highest BCUT2D eigenvalue weighted by atomic mass is 16.1. The van der Waals surface area contributed by atoms with Gasteiger partial charge in [0.2, 0.25) is 0 Å². The lowest BCUT2D eigenvalue weighted by atomic mass is 10.1. The van der Waals surface area contributed by atoms with E-state index in [1.807, 2.05) is 32.0 Å². The van der Waals surface area contributed by atoms with Gasteiger partial charge in [-0.1, -0.05) is 13.3 Å². The Hall–Kier alpha value is -1.97. The highest BCUT2D eigenvalue weighted by Crippen LogP contribution is 2.25. The van der Waals surface area contributed by atoms with Gasteiger partial charge >= 0.3 is 0 Å². The predicted octanol–water partition coefficient (Wildman–Crippen LogP) is 3.17. The van der Waals surface area contributed by atoms with Crippen LogP contribution in [0.25, 0.3) is 11.0 Å². The molecule has 110 valence electrons. The van der Waals surface area contributed by atoms with Crippen LogP contribution in [0.5, 0.6) is 0 Å². The highest BCUT2D eigenvalue weighted by Gasteiger charge is 2.25.